The second-order valence-corrected chi connectivity index (χ2v) is 7.25. The number of hydrogen-bond donors (Lipinski definition) is 0. The average molecular weight is 328 g/mol. The molecule has 128 valence electrons. The highest BCUT2D eigenvalue weighted by Gasteiger charge is 2.30. The highest BCUT2D eigenvalue weighted by molar-refractivity contribution is 5.68. The van der Waals surface area contributed by atoms with Gasteiger partial charge >= 0.3 is 6.09 Å². The summed E-state index contributed by atoms with van der Waals surface area (Å²) in [4.78, 5) is 14.0. The van der Waals surface area contributed by atoms with Crippen molar-refractivity contribution in [1.82, 2.24) is 10.1 Å². The molecule has 1 amide bonds. The van der Waals surface area contributed by atoms with Gasteiger partial charge in [0, 0.05) is 30.6 Å². The molecule has 0 bridgehead atoms. The Balaban J connectivity index is 1.69. The first kappa shape index (κ1) is 16.6. The minimum absolute atomic E-state index is 0.163. The molecule has 0 aliphatic carbocycles. The van der Waals surface area contributed by atoms with Crippen LogP contribution in [0.5, 0.6) is 0 Å². The van der Waals surface area contributed by atoms with Gasteiger partial charge in [-0.15, -0.1) is 0 Å². The van der Waals surface area contributed by atoms with E-state index in [4.69, 9.17) is 9.26 Å². The molecule has 0 N–H and O–H groups in total. The van der Waals surface area contributed by atoms with Crippen LogP contribution in [0, 0.1) is 0 Å². The molecule has 2 heterocycles. The molecule has 5 heteroatoms. The smallest absolute Gasteiger partial charge is 0.410 e. The van der Waals surface area contributed by atoms with E-state index in [1.807, 2.05) is 57.2 Å². The van der Waals surface area contributed by atoms with E-state index in [0.29, 0.717) is 6.54 Å². The number of carbonyl (C=O) groups excluding carboxylic acids is 1. The van der Waals surface area contributed by atoms with Gasteiger partial charge in [0.2, 0.25) is 0 Å². The van der Waals surface area contributed by atoms with Gasteiger partial charge in [0.05, 0.1) is 0 Å². The maximum atomic E-state index is 12.3. The van der Waals surface area contributed by atoms with E-state index in [9.17, 15) is 4.79 Å². The van der Waals surface area contributed by atoms with Crippen LogP contribution < -0.4 is 0 Å². The number of nitrogens with zero attached hydrogens (tertiary/aromatic N) is 2. The van der Waals surface area contributed by atoms with Crippen molar-refractivity contribution in [3.05, 3.63) is 42.2 Å². The molecule has 1 fully saturated rings. The number of benzene rings is 1. The maximum Gasteiger partial charge on any atom is 0.410 e. The van der Waals surface area contributed by atoms with Gasteiger partial charge in [0.15, 0.2) is 0 Å². The zero-order valence-electron chi connectivity index (χ0n) is 14.5. The summed E-state index contributed by atoms with van der Waals surface area (Å²) in [6, 6.07) is 11.9. The first-order chi connectivity index (χ1) is 11.4. The molecule has 1 aliphatic rings. The summed E-state index contributed by atoms with van der Waals surface area (Å²) in [6.07, 6.45) is 1.67. The Hall–Kier alpha value is -2.30. The molecule has 1 saturated heterocycles. The molecule has 3 rings (SSSR count). The molecule has 1 unspecified atom stereocenters. The molecule has 5 nitrogen and oxygen atoms in total. The van der Waals surface area contributed by atoms with E-state index < -0.39 is 5.60 Å². The van der Waals surface area contributed by atoms with Crippen LogP contribution >= 0.6 is 0 Å². The number of likely N-dealkylation sites (tertiary alicyclic amines) is 1. The van der Waals surface area contributed by atoms with Crippen molar-refractivity contribution in [2.45, 2.75) is 45.1 Å². The minimum atomic E-state index is -0.475. The van der Waals surface area contributed by atoms with E-state index in [0.717, 1.165) is 36.4 Å². The topological polar surface area (TPSA) is 55.6 Å². The van der Waals surface area contributed by atoms with Crippen molar-refractivity contribution in [1.29, 1.82) is 0 Å². The third-order valence-electron chi connectivity index (χ3n) is 4.07. The van der Waals surface area contributed by atoms with E-state index in [-0.39, 0.29) is 12.0 Å². The second-order valence-electron chi connectivity index (χ2n) is 7.25. The molecular formula is C19H24N2O3. The summed E-state index contributed by atoms with van der Waals surface area (Å²) >= 11 is 0. The van der Waals surface area contributed by atoms with Gasteiger partial charge in [-0.25, -0.2) is 4.79 Å². The Bertz CT molecular complexity index is 688. The molecule has 2 aromatic rings. The highest BCUT2D eigenvalue weighted by atomic mass is 16.6. The number of amides is 1. The van der Waals surface area contributed by atoms with Crippen LogP contribution in [-0.4, -0.2) is 34.8 Å². The lowest BCUT2D eigenvalue weighted by Gasteiger charge is -2.33. The average Bonchev–Trinajstić information content (AvgIpc) is 3.04. The Morgan fingerprint density at radius 3 is 2.75 bits per heavy atom. The van der Waals surface area contributed by atoms with Gasteiger partial charge in [-0.1, -0.05) is 35.5 Å². The van der Waals surface area contributed by atoms with Crippen molar-refractivity contribution >= 4 is 6.09 Å². The van der Waals surface area contributed by atoms with Crippen LogP contribution in [-0.2, 0) is 4.74 Å². The fourth-order valence-electron chi connectivity index (χ4n) is 2.93. The molecule has 1 aromatic carbocycles. The summed E-state index contributed by atoms with van der Waals surface area (Å²) < 4.78 is 11.0. The molecule has 1 atom stereocenters. The lowest BCUT2D eigenvalue weighted by Crippen LogP contribution is -2.42. The maximum absolute atomic E-state index is 12.3. The van der Waals surface area contributed by atoms with Crippen molar-refractivity contribution < 1.29 is 14.1 Å². The molecule has 24 heavy (non-hydrogen) atoms. The lowest BCUT2D eigenvalue weighted by atomic mass is 9.95. The predicted molar refractivity (Wildman–Crippen MR) is 91.7 cm³/mol. The lowest BCUT2D eigenvalue weighted by molar-refractivity contribution is 0.0190. The van der Waals surface area contributed by atoms with E-state index in [2.05, 4.69) is 5.16 Å². The predicted octanol–water partition coefficient (Wildman–Crippen LogP) is 4.46. The number of rotatable bonds is 2. The SMILES string of the molecule is CC(C)(C)OC(=O)N1CCCC(c2cc(-c3ccccc3)no2)C1. The van der Waals surface area contributed by atoms with E-state index >= 15 is 0 Å². The number of aromatic nitrogens is 1. The van der Waals surface area contributed by atoms with Crippen molar-refractivity contribution in [2.24, 2.45) is 0 Å². The fraction of sp³-hybridized carbons (Fsp3) is 0.474. The minimum Gasteiger partial charge on any atom is -0.444 e. The summed E-state index contributed by atoms with van der Waals surface area (Å²) in [7, 11) is 0. The summed E-state index contributed by atoms with van der Waals surface area (Å²) in [5.74, 6) is 0.998. The highest BCUT2D eigenvalue weighted by Crippen LogP contribution is 2.30. The number of carbonyl (C=O) groups is 1. The van der Waals surface area contributed by atoms with Crippen LogP contribution in [0.3, 0.4) is 0 Å². The van der Waals surface area contributed by atoms with Gasteiger partial charge in [-0.3, -0.25) is 0 Å². The standard InChI is InChI=1S/C19H24N2O3/c1-19(2,3)23-18(22)21-11-7-10-15(13-21)17-12-16(20-24-17)14-8-5-4-6-9-14/h4-6,8-9,12,15H,7,10-11,13H2,1-3H3. The van der Waals surface area contributed by atoms with Crippen molar-refractivity contribution in [3.63, 3.8) is 0 Å². The normalized spacial score (nSPS) is 18.5. The van der Waals surface area contributed by atoms with Gasteiger partial charge in [-0.05, 0) is 33.6 Å². The first-order valence-electron chi connectivity index (χ1n) is 8.42. The van der Waals surface area contributed by atoms with E-state index in [1.54, 1.807) is 4.90 Å². The van der Waals surface area contributed by atoms with Gasteiger partial charge in [-0.2, -0.15) is 0 Å². The van der Waals surface area contributed by atoms with Crippen molar-refractivity contribution in [3.8, 4) is 11.3 Å². The molecule has 1 aliphatic heterocycles. The third-order valence-corrected chi connectivity index (χ3v) is 4.07. The van der Waals surface area contributed by atoms with Gasteiger partial charge in [0.25, 0.3) is 0 Å². The monoisotopic (exact) mass is 328 g/mol. The van der Waals surface area contributed by atoms with Crippen LogP contribution in [0.25, 0.3) is 11.3 Å². The third kappa shape index (κ3) is 3.96. The van der Waals surface area contributed by atoms with Crippen LogP contribution in [0.1, 0.15) is 45.3 Å². The van der Waals surface area contributed by atoms with Crippen LogP contribution in [0.2, 0.25) is 0 Å². The molecule has 0 spiro atoms. The quantitative estimate of drug-likeness (QED) is 0.817. The van der Waals surface area contributed by atoms with Gasteiger partial charge < -0.3 is 14.2 Å². The zero-order chi connectivity index (χ0) is 17.2. The molecule has 0 radical (unpaired) electrons. The first-order valence-corrected chi connectivity index (χ1v) is 8.42. The fourth-order valence-corrected chi connectivity index (χ4v) is 2.93. The molecule has 1 aromatic heterocycles. The summed E-state index contributed by atoms with van der Waals surface area (Å²) in [5.41, 5.74) is 1.39. The Labute approximate surface area is 142 Å². The Morgan fingerprint density at radius 2 is 2.04 bits per heavy atom. The largest absolute Gasteiger partial charge is 0.444 e. The second kappa shape index (κ2) is 6.67. The van der Waals surface area contributed by atoms with Crippen LogP contribution in [0.4, 0.5) is 4.79 Å². The molecular weight excluding hydrogens is 304 g/mol. The number of piperidine rings is 1. The number of ether oxygens (including phenoxy) is 1. The van der Waals surface area contributed by atoms with Crippen LogP contribution in [0.15, 0.2) is 40.9 Å². The Kier molecular flexibility index (Phi) is 4.60. The Morgan fingerprint density at radius 1 is 1.29 bits per heavy atom. The number of hydrogen-bond acceptors (Lipinski definition) is 4. The summed E-state index contributed by atoms with van der Waals surface area (Å²) in [6.45, 7) is 6.99. The van der Waals surface area contributed by atoms with Crippen molar-refractivity contribution in [2.75, 3.05) is 13.1 Å². The zero-order valence-corrected chi connectivity index (χ0v) is 14.5. The molecule has 0 saturated carbocycles. The van der Waals surface area contributed by atoms with E-state index in [1.165, 1.54) is 0 Å². The summed E-state index contributed by atoms with van der Waals surface area (Å²) in [5, 5.41) is 4.18. The van der Waals surface area contributed by atoms with Gasteiger partial charge in [0.1, 0.15) is 17.1 Å².